The molecule has 120 valence electrons. The van der Waals surface area contributed by atoms with E-state index in [1.807, 2.05) is 0 Å². The van der Waals surface area contributed by atoms with Crippen LogP contribution in [0.2, 0.25) is 12.1 Å². The third kappa shape index (κ3) is 7.18. The maximum Gasteiger partial charge on any atom is 0.338 e. The molecule has 0 spiro atoms. The van der Waals surface area contributed by atoms with Gasteiger partial charge < -0.3 is 18.3 Å². The van der Waals surface area contributed by atoms with Gasteiger partial charge in [0.15, 0.2) is 0 Å². The summed E-state index contributed by atoms with van der Waals surface area (Å²) in [5.74, 6) is 0. The van der Waals surface area contributed by atoms with Crippen molar-refractivity contribution < 1.29 is 18.3 Å². The zero-order valence-corrected chi connectivity index (χ0v) is 14.7. The number of epoxide rings is 1. The van der Waals surface area contributed by atoms with Crippen molar-refractivity contribution in [3.63, 3.8) is 0 Å². The molecule has 1 aliphatic heterocycles. The molecule has 0 aromatic carbocycles. The molecule has 0 N–H and O–H groups in total. The third-order valence-corrected chi connectivity index (χ3v) is 7.42. The molecule has 1 rings (SSSR count). The van der Waals surface area contributed by atoms with Crippen LogP contribution < -0.4 is 0 Å². The molecule has 0 aromatic heterocycles. The Morgan fingerprint density at radius 1 is 1.15 bits per heavy atom. The van der Waals surface area contributed by atoms with Crippen LogP contribution in [-0.4, -0.2) is 47.2 Å². The smallest absolute Gasteiger partial charge is 0.338 e. The third-order valence-electron chi connectivity index (χ3n) is 3.63. The summed E-state index contributed by atoms with van der Waals surface area (Å²) >= 11 is 0. The minimum atomic E-state index is -2.03. The average Bonchev–Trinajstić information content (AvgIpc) is 3.25. The van der Waals surface area contributed by atoms with E-state index in [0.29, 0.717) is 6.10 Å². The number of unbranched alkanes of at least 4 members (excludes halogenated alkanes) is 1. The van der Waals surface area contributed by atoms with Crippen molar-refractivity contribution in [3.8, 4) is 0 Å². The Hall–Kier alpha value is 0.0569. The lowest BCUT2D eigenvalue weighted by Crippen LogP contribution is -2.43. The highest BCUT2D eigenvalue weighted by Crippen LogP contribution is 2.25. The molecule has 0 bridgehead atoms. The molecule has 0 radical (unpaired) electrons. The van der Waals surface area contributed by atoms with Gasteiger partial charge in [0.05, 0.1) is 19.3 Å². The Kier molecular flexibility index (Phi) is 8.96. The first-order valence-corrected chi connectivity index (χ1v) is 10.4. The van der Waals surface area contributed by atoms with Crippen LogP contribution in [0.5, 0.6) is 0 Å². The van der Waals surface area contributed by atoms with Crippen LogP contribution in [0, 0.1) is 0 Å². The number of hydrogen-bond acceptors (Lipinski definition) is 4. The Morgan fingerprint density at radius 3 is 2.30 bits per heavy atom. The molecule has 0 aromatic rings. The summed E-state index contributed by atoms with van der Waals surface area (Å²) < 4.78 is 23.2. The predicted molar refractivity (Wildman–Crippen MR) is 83.3 cm³/mol. The molecule has 2 unspecified atom stereocenters. The van der Waals surface area contributed by atoms with E-state index in [-0.39, 0.29) is 6.10 Å². The van der Waals surface area contributed by atoms with E-state index in [1.165, 1.54) is 12.8 Å². The van der Waals surface area contributed by atoms with Crippen molar-refractivity contribution in [1.82, 2.24) is 0 Å². The molecular formula is C15H32O4Si. The quantitative estimate of drug-likeness (QED) is 0.386. The van der Waals surface area contributed by atoms with E-state index in [2.05, 4.69) is 27.7 Å². The Bertz CT molecular complexity index is 240. The second-order valence-corrected chi connectivity index (χ2v) is 8.92. The molecule has 4 nitrogen and oxygen atoms in total. The van der Waals surface area contributed by atoms with Crippen LogP contribution in [0.3, 0.4) is 0 Å². The zero-order valence-electron chi connectivity index (χ0n) is 13.7. The molecular weight excluding hydrogens is 272 g/mol. The molecule has 1 aliphatic rings. The second-order valence-electron chi connectivity index (χ2n) is 5.52. The van der Waals surface area contributed by atoms with Crippen molar-refractivity contribution in [2.45, 2.75) is 71.3 Å². The molecule has 0 amide bonds. The van der Waals surface area contributed by atoms with Crippen LogP contribution in [-0.2, 0) is 18.3 Å². The van der Waals surface area contributed by atoms with Gasteiger partial charge in [0.1, 0.15) is 6.10 Å². The van der Waals surface area contributed by atoms with Crippen LogP contribution in [0.25, 0.3) is 0 Å². The minimum Gasteiger partial charge on any atom is -0.394 e. The average molecular weight is 305 g/mol. The summed E-state index contributed by atoms with van der Waals surface area (Å²) in [6.45, 7) is 11.6. The summed E-state index contributed by atoms with van der Waals surface area (Å²) in [4.78, 5) is 0. The topological polar surface area (TPSA) is 40.2 Å². The molecule has 1 heterocycles. The number of ether oxygens (including phenoxy) is 2. The van der Waals surface area contributed by atoms with E-state index < -0.39 is 8.56 Å². The predicted octanol–water partition coefficient (Wildman–Crippen LogP) is 3.50. The molecule has 2 atom stereocenters. The summed E-state index contributed by atoms with van der Waals surface area (Å²) in [5.41, 5.74) is 0. The van der Waals surface area contributed by atoms with Crippen LogP contribution in [0.1, 0.15) is 47.0 Å². The Labute approximate surface area is 125 Å². The fraction of sp³-hybridized carbons (Fsp3) is 1.00. The van der Waals surface area contributed by atoms with Gasteiger partial charge in [-0.2, -0.15) is 0 Å². The SMILES string of the molecule is CCCC[Si](CCC(C)OCC1CO1)(OCC)OCC. The second kappa shape index (κ2) is 9.90. The van der Waals surface area contributed by atoms with E-state index in [9.17, 15) is 0 Å². The molecule has 0 aliphatic carbocycles. The van der Waals surface area contributed by atoms with Gasteiger partial charge >= 0.3 is 8.56 Å². The van der Waals surface area contributed by atoms with E-state index in [0.717, 1.165) is 44.9 Å². The maximum absolute atomic E-state index is 6.10. The fourth-order valence-corrected chi connectivity index (χ4v) is 6.07. The largest absolute Gasteiger partial charge is 0.394 e. The highest BCUT2D eigenvalue weighted by molar-refractivity contribution is 6.67. The Balaban J connectivity index is 2.38. The monoisotopic (exact) mass is 304 g/mol. The van der Waals surface area contributed by atoms with Gasteiger partial charge in [-0.15, -0.1) is 0 Å². The van der Waals surface area contributed by atoms with E-state index in [1.54, 1.807) is 0 Å². The van der Waals surface area contributed by atoms with Gasteiger partial charge in [-0.3, -0.25) is 0 Å². The maximum atomic E-state index is 6.10. The highest BCUT2D eigenvalue weighted by atomic mass is 28.4. The molecule has 0 saturated carbocycles. The summed E-state index contributed by atoms with van der Waals surface area (Å²) in [7, 11) is -2.03. The lowest BCUT2D eigenvalue weighted by atomic mass is 10.3. The molecule has 1 saturated heterocycles. The normalized spacial score (nSPS) is 20.1. The highest BCUT2D eigenvalue weighted by Gasteiger charge is 2.36. The Morgan fingerprint density at radius 2 is 1.80 bits per heavy atom. The first-order chi connectivity index (χ1) is 9.65. The first kappa shape index (κ1) is 18.1. The molecule has 5 heteroatoms. The van der Waals surface area contributed by atoms with Gasteiger partial charge in [0, 0.05) is 13.2 Å². The van der Waals surface area contributed by atoms with Gasteiger partial charge in [-0.05, 0) is 39.3 Å². The van der Waals surface area contributed by atoms with Crippen molar-refractivity contribution in [2.75, 3.05) is 26.4 Å². The van der Waals surface area contributed by atoms with Gasteiger partial charge in [0.2, 0.25) is 0 Å². The van der Waals surface area contributed by atoms with E-state index in [4.69, 9.17) is 18.3 Å². The molecule has 20 heavy (non-hydrogen) atoms. The van der Waals surface area contributed by atoms with Crippen LogP contribution in [0.4, 0.5) is 0 Å². The first-order valence-electron chi connectivity index (χ1n) is 8.16. The summed E-state index contributed by atoms with van der Waals surface area (Å²) in [6, 6.07) is 2.13. The van der Waals surface area contributed by atoms with Crippen molar-refractivity contribution in [2.24, 2.45) is 0 Å². The number of rotatable bonds is 13. The lowest BCUT2D eigenvalue weighted by molar-refractivity contribution is 0.0495. The standard InChI is InChI=1S/C15H32O4Si/c1-5-8-10-20(18-6-2,19-7-3)11-9-14(4)16-12-15-13-17-15/h14-15H,5-13H2,1-4H3. The fourth-order valence-electron chi connectivity index (χ4n) is 2.37. The van der Waals surface area contributed by atoms with Gasteiger partial charge in [-0.25, -0.2) is 0 Å². The number of hydrogen-bond donors (Lipinski definition) is 0. The van der Waals surface area contributed by atoms with Crippen LogP contribution in [0.15, 0.2) is 0 Å². The van der Waals surface area contributed by atoms with Crippen molar-refractivity contribution in [1.29, 1.82) is 0 Å². The van der Waals surface area contributed by atoms with Gasteiger partial charge in [0.25, 0.3) is 0 Å². The minimum absolute atomic E-state index is 0.258. The van der Waals surface area contributed by atoms with E-state index >= 15 is 0 Å². The zero-order chi connectivity index (χ0) is 14.8. The lowest BCUT2D eigenvalue weighted by Gasteiger charge is -2.31. The van der Waals surface area contributed by atoms with Gasteiger partial charge in [-0.1, -0.05) is 19.8 Å². The summed E-state index contributed by atoms with van der Waals surface area (Å²) in [6.07, 6.45) is 4.01. The van der Waals surface area contributed by atoms with Crippen molar-refractivity contribution in [3.05, 3.63) is 0 Å². The summed E-state index contributed by atoms with van der Waals surface area (Å²) in [5, 5.41) is 0. The van der Waals surface area contributed by atoms with Crippen molar-refractivity contribution >= 4 is 8.56 Å². The van der Waals surface area contributed by atoms with Crippen LogP contribution >= 0.6 is 0 Å². The molecule has 1 fully saturated rings.